The Labute approximate surface area is 174 Å². The van der Waals surface area contributed by atoms with Crippen LogP contribution in [0.5, 0.6) is 0 Å². The van der Waals surface area contributed by atoms with Crippen LogP contribution in [0.1, 0.15) is 34.5 Å². The minimum Gasteiger partial charge on any atom is -0.423 e. The van der Waals surface area contributed by atoms with E-state index in [1.807, 2.05) is 30.3 Å². The molecule has 30 heavy (non-hydrogen) atoms. The first kappa shape index (κ1) is 19.6. The lowest BCUT2D eigenvalue weighted by Gasteiger charge is -2.35. The third-order valence-electron chi connectivity index (χ3n) is 5.13. The molecule has 0 saturated carbocycles. The second-order valence-electron chi connectivity index (χ2n) is 7.24. The van der Waals surface area contributed by atoms with E-state index >= 15 is 0 Å². The number of hydrogen-bond acceptors (Lipinski definition) is 5. The van der Waals surface area contributed by atoms with Crippen molar-refractivity contribution in [1.82, 2.24) is 15.1 Å². The van der Waals surface area contributed by atoms with Gasteiger partial charge in [-0.25, -0.2) is 0 Å². The summed E-state index contributed by atoms with van der Waals surface area (Å²) in [4.78, 5) is 26.6. The molecule has 1 atom stereocenters. The molecule has 1 aliphatic heterocycles. The summed E-state index contributed by atoms with van der Waals surface area (Å²) in [5, 5.41) is 10.8. The summed E-state index contributed by atoms with van der Waals surface area (Å²) in [7, 11) is 0. The van der Waals surface area contributed by atoms with Gasteiger partial charge >= 0.3 is 0 Å². The van der Waals surface area contributed by atoms with Gasteiger partial charge in [-0.05, 0) is 34.9 Å². The van der Waals surface area contributed by atoms with Gasteiger partial charge < -0.3 is 14.6 Å². The number of hydrogen-bond donors (Lipinski definition) is 1. The van der Waals surface area contributed by atoms with Crippen molar-refractivity contribution in [3.8, 4) is 0 Å². The molecule has 2 aromatic carbocycles. The van der Waals surface area contributed by atoms with E-state index in [0.717, 1.165) is 11.1 Å². The molecule has 0 saturated heterocycles. The standard InChI is InChI=1S/C23H22N4O3/c1-3-21(28)24-19-10-6-7-16(11-19)12-22(29)27-14-18-9-5-4-8-17(18)13-20(27)23-26-25-15(2)30-23/h3-11,20H,1,12-14H2,2H3,(H,24,28). The molecular formula is C23H22N4O3. The molecule has 7 nitrogen and oxygen atoms in total. The Hall–Kier alpha value is -3.74. The highest BCUT2D eigenvalue weighted by Gasteiger charge is 2.34. The molecule has 0 aliphatic carbocycles. The Morgan fingerprint density at radius 1 is 1.20 bits per heavy atom. The molecule has 0 fully saturated rings. The number of fused-ring (bicyclic) bond motifs is 1. The van der Waals surface area contributed by atoms with Crippen LogP contribution in [0, 0.1) is 6.92 Å². The van der Waals surface area contributed by atoms with E-state index in [9.17, 15) is 9.59 Å². The van der Waals surface area contributed by atoms with Gasteiger partial charge in [0.2, 0.25) is 23.6 Å². The van der Waals surface area contributed by atoms with Gasteiger partial charge in [0.1, 0.15) is 6.04 Å². The second kappa shape index (κ2) is 8.32. The highest BCUT2D eigenvalue weighted by molar-refractivity contribution is 5.98. The number of amides is 2. The number of anilines is 1. The predicted octanol–water partition coefficient (Wildman–Crippen LogP) is 3.37. The Morgan fingerprint density at radius 3 is 2.73 bits per heavy atom. The largest absolute Gasteiger partial charge is 0.423 e. The average Bonchev–Trinajstić information content (AvgIpc) is 3.19. The number of nitrogens with zero attached hydrogens (tertiary/aromatic N) is 3. The van der Waals surface area contributed by atoms with Crippen molar-refractivity contribution < 1.29 is 14.0 Å². The first-order valence-corrected chi connectivity index (χ1v) is 9.72. The maximum Gasteiger partial charge on any atom is 0.247 e. The van der Waals surface area contributed by atoms with Crippen LogP contribution in [-0.4, -0.2) is 26.9 Å². The van der Waals surface area contributed by atoms with Crippen molar-refractivity contribution in [2.45, 2.75) is 32.4 Å². The normalized spacial score (nSPS) is 15.4. The monoisotopic (exact) mass is 402 g/mol. The first-order chi connectivity index (χ1) is 14.5. The SMILES string of the molecule is C=CC(=O)Nc1cccc(CC(=O)N2Cc3ccccc3CC2c2nnc(C)o2)c1. The maximum absolute atomic E-state index is 13.3. The number of rotatable bonds is 5. The fraction of sp³-hybridized carbons (Fsp3) is 0.217. The van der Waals surface area contributed by atoms with Gasteiger partial charge in [-0.2, -0.15) is 0 Å². The van der Waals surface area contributed by atoms with E-state index in [2.05, 4.69) is 28.2 Å². The molecule has 0 radical (unpaired) electrons. The number of carbonyl (C=O) groups is 2. The minimum atomic E-state index is -0.308. The summed E-state index contributed by atoms with van der Waals surface area (Å²) in [5.41, 5.74) is 3.72. The van der Waals surface area contributed by atoms with Crippen LogP contribution in [0.3, 0.4) is 0 Å². The van der Waals surface area contributed by atoms with Gasteiger partial charge in [0, 0.05) is 25.6 Å². The lowest BCUT2D eigenvalue weighted by molar-refractivity contribution is -0.134. The number of aromatic nitrogens is 2. The van der Waals surface area contributed by atoms with Crippen molar-refractivity contribution in [3.63, 3.8) is 0 Å². The minimum absolute atomic E-state index is 0.0439. The van der Waals surface area contributed by atoms with Gasteiger partial charge in [-0.1, -0.05) is 43.0 Å². The van der Waals surface area contributed by atoms with Crippen molar-refractivity contribution in [2.75, 3.05) is 5.32 Å². The topological polar surface area (TPSA) is 88.3 Å². The molecule has 1 unspecified atom stereocenters. The zero-order valence-electron chi connectivity index (χ0n) is 16.7. The number of carbonyl (C=O) groups excluding carboxylic acids is 2. The van der Waals surface area contributed by atoms with E-state index < -0.39 is 0 Å². The van der Waals surface area contributed by atoms with E-state index in [1.54, 1.807) is 24.0 Å². The van der Waals surface area contributed by atoms with Crippen LogP contribution in [-0.2, 0) is 29.0 Å². The zero-order chi connectivity index (χ0) is 21.1. The van der Waals surface area contributed by atoms with Crippen molar-refractivity contribution >= 4 is 17.5 Å². The molecule has 1 aliphatic rings. The predicted molar refractivity (Wildman–Crippen MR) is 111 cm³/mol. The molecule has 2 heterocycles. The zero-order valence-corrected chi connectivity index (χ0v) is 16.7. The summed E-state index contributed by atoms with van der Waals surface area (Å²) >= 11 is 0. The molecule has 3 aromatic rings. The molecule has 4 rings (SSSR count). The van der Waals surface area contributed by atoms with E-state index in [0.29, 0.717) is 30.4 Å². The quantitative estimate of drug-likeness (QED) is 0.661. The van der Waals surface area contributed by atoms with Gasteiger partial charge in [-0.3, -0.25) is 9.59 Å². The Bertz CT molecular complexity index is 1110. The molecule has 1 N–H and O–H groups in total. The third-order valence-corrected chi connectivity index (χ3v) is 5.13. The molecule has 7 heteroatoms. The third kappa shape index (κ3) is 4.15. The molecule has 0 bridgehead atoms. The number of benzene rings is 2. The van der Waals surface area contributed by atoms with E-state index in [1.165, 1.54) is 11.6 Å². The summed E-state index contributed by atoms with van der Waals surface area (Å²) in [6, 6.07) is 15.0. The Balaban J connectivity index is 1.59. The van der Waals surface area contributed by atoms with Crippen LogP contribution in [0.25, 0.3) is 0 Å². The van der Waals surface area contributed by atoms with Crippen molar-refractivity contribution in [2.24, 2.45) is 0 Å². The number of aryl methyl sites for hydroxylation is 1. The number of nitrogens with one attached hydrogen (secondary N) is 1. The van der Waals surface area contributed by atoms with Crippen LogP contribution in [0.2, 0.25) is 0 Å². The summed E-state index contributed by atoms with van der Waals surface area (Å²) < 4.78 is 5.67. The molecule has 2 amide bonds. The molecular weight excluding hydrogens is 380 g/mol. The lowest BCUT2D eigenvalue weighted by Crippen LogP contribution is -2.40. The summed E-state index contributed by atoms with van der Waals surface area (Å²) in [6.07, 6.45) is 2.03. The van der Waals surface area contributed by atoms with Crippen LogP contribution >= 0.6 is 0 Å². The van der Waals surface area contributed by atoms with Gasteiger partial charge in [-0.15, -0.1) is 10.2 Å². The second-order valence-corrected chi connectivity index (χ2v) is 7.24. The fourth-order valence-electron chi connectivity index (χ4n) is 3.68. The Kier molecular flexibility index (Phi) is 5.43. The summed E-state index contributed by atoms with van der Waals surface area (Å²) in [5.74, 6) is 0.583. The molecule has 1 aromatic heterocycles. The molecule has 152 valence electrons. The van der Waals surface area contributed by atoms with E-state index in [-0.39, 0.29) is 24.3 Å². The van der Waals surface area contributed by atoms with Crippen LogP contribution in [0.4, 0.5) is 5.69 Å². The van der Waals surface area contributed by atoms with Crippen molar-refractivity contribution in [3.05, 3.63) is 89.7 Å². The van der Waals surface area contributed by atoms with Crippen LogP contribution in [0.15, 0.2) is 65.6 Å². The lowest BCUT2D eigenvalue weighted by atomic mass is 9.93. The smallest absolute Gasteiger partial charge is 0.247 e. The van der Waals surface area contributed by atoms with E-state index in [4.69, 9.17) is 4.42 Å². The molecule has 0 spiro atoms. The van der Waals surface area contributed by atoms with Crippen molar-refractivity contribution in [1.29, 1.82) is 0 Å². The highest BCUT2D eigenvalue weighted by Crippen LogP contribution is 2.33. The first-order valence-electron chi connectivity index (χ1n) is 9.72. The van der Waals surface area contributed by atoms with Crippen LogP contribution < -0.4 is 5.32 Å². The highest BCUT2D eigenvalue weighted by atomic mass is 16.4. The van der Waals surface area contributed by atoms with Gasteiger partial charge in [0.15, 0.2) is 0 Å². The Morgan fingerprint density at radius 2 is 2.00 bits per heavy atom. The average molecular weight is 402 g/mol. The van der Waals surface area contributed by atoms with Gasteiger partial charge in [0.25, 0.3) is 0 Å². The summed E-state index contributed by atoms with van der Waals surface area (Å²) in [6.45, 7) is 5.67. The van der Waals surface area contributed by atoms with Gasteiger partial charge in [0.05, 0.1) is 6.42 Å². The maximum atomic E-state index is 13.3. The fourth-order valence-corrected chi connectivity index (χ4v) is 3.68.